The zero-order chi connectivity index (χ0) is 15.3. The fourth-order valence-corrected chi connectivity index (χ4v) is 2.81. The highest BCUT2D eigenvalue weighted by Crippen LogP contribution is 2.38. The second kappa shape index (κ2) is 7.07. The van der Waals surface area contributed by atoms with Gasteiger partial charge in [-0.05, 0) is 39.5 Å². The van der Waals surface area contributed by atoms with Crippen LogP contribution in [0.4, 0.5) is 0 Å². The smallest absolute Gasteiger partial charge is 0.327 e. The highest BCUT2D eigenvalue weighted by atomic mass is 16.6. The van der Waals surface area contributed by atoms with Crippen LogP contribution < -0.4 is 0 Å². The molecule has 5 nitrogen and oxygen atoms in total. The molecule has 2 fully saturated rings. The maximum Gasteiger partial charge on any atom is 0.327 e. The molecule has 0 bridgehead atoms. The normalized spacial score (nSPS) is 21.0. The molecule has 0 aromatic carbocycles. The lowest BCUT2D eigenvalue weighted by molar-refractivity contribution is -0.168. The number of epoxide rings is 1. The van der Waals surface area contributed by atoms with Gasteiger partial charge in [0.1, 0.15) is 0 Å². The Morgan fingerprint density at radius 2 is 1.71 bits per heavy atom. The lowest BCUT2D eigenvalue weighted by Gasteiger charge is -2.26. The fraction of sp³-hybridized carbons (Fsp3) is 0.750. The molecule has 5 heteroatoms. The first kappa shape index (κ1) is 16.0. The second-order valence-electron chi connectivity index (χ2n) is 5.58. The Morgan fingerprint density at radius 3 is 2.14 bits per heavy atom. The van der Waals surface area contributed by atoms with Gasteiger partial charge in [-0.1, -0.05) is 11.6 Å². The molecule has 0 aromatic rings. The van der Waals surface area contributed by atoms with Crippen LogP contribution in [0.3, 0.4) is 0 Å². The van der Waals surface area contributed by atoms with E-state index in [1.807, 2.05) is 0 Å². The molecule has 1 heterocycles. The SMILES string of the molecule is CCOC(=O)C(C=C1CCCC1)(CC1CO1)C(=O)OCC. The average molecular weight is 296 g/mol. The molecule has 2 aliphatic rings. The number of carbonyl (C=O) groups excluding carboxylic acids is 2. The van der Waals surface area contributed by atoms with Crippen molar-refractivity contribution in [1.29, 1.82) is 0 Å². The number of hydrogen-bond acceptors (Lipinski definition) is 5. The fourth-order valence-electron chi connectivity index (χ4n) is 2.81. The van der Waals surface area contributed by atoms with E-state index in [0.717, 1.165) is 31.3 Å². The molecule has 0 amide bonds. The van der Waals surface area contributed by atoms with Crippen molar-refractivity contribution in [2.75, 3.05) is 19.8 Å². The molecule has 1 aliphatic carbocycles. The Morgan fingerprint density at radius 1 is 1.19 bits per heavy atom. The van der Waals surface area contributed by atoms with Gasteiger partial charge < -0.3 is 14.2 Å². The van der Waals surface area contributed by atoms with E-state index in [0.29, 0.717) is 13.0 Å². The van der Waals surface area contributed by atoms with Crippen molar-refractivity contribution in [3.63, 3.8) is 0 Å². The van der Waals surface area contributed by atoms with E-state index < -0.39 is 17.4 Å². The number of carbonyl (C=O) groups is 2. The summed E-state index contributed by atoms with van der Waals surface area (Å²) in [5, 5.41) is 0. The number of esters is 2. The largest absolute Gasteiger partial charge is 0.465 e. The van der Waals surface area contributed by atoms with Gasteiger partial charge in [0.2, 0.25) is 0 Å². The first-order valence-corrected chi connectivity index (χ1v) is 7.79. The standard InChI is InChI=1S/C16H24O5/c1-3-19-14(17)16(10-13-11-21-13,15(18)20-4-2)9-12-7-5-6-8-12/h9,13H,3-8,10-11H2,1-2H3. The van der Waals surface area contributed by atoms with Gasteiger partial charge in [0.05, 0.1) is 25.9 Å². The topological polar surface area (TPSA) is 65.1 Å². The van der Waals surface area contributed by atoms with Crippen LogP contribution in [-0.4, -0.2) is 37.9 Å². The quantitative estimate of drug-likeness (QED) is 0.312. The molecule has 1 saturated heterocycles. The molecule has 2 rings (SSSR count). The van der Waals surface area contributed by atoms with Crippen LogP contribution in [0.25, 0.3) is 0 Å². The molecule has 0 N–H and O–H groups in total. The molecular weight excluding hydrogens is 272 g/mol. The van der Waals surface area contributed by atoms with Crippen LogP contribution in [0.15, 0.2) is 11.6 Å². The number of hydrogen-bond donors (Lipinski definition) is 0. The van der Waals surface area contributed by atoms with Crippen molar-refractivity contribution in [3.8, 4) is 0 Å². The predicted molar refractivity (Wildman–Crippen MR) is 76.6 cm³/mol. The lowest BCUT2D eigenvalue weighted by Crippen LogP contribution is -2.42. The zero-order valence-corrected chi connectivity index (χ0v) is 12.9. The van der Waals surface area contributed by atoms with Gasteiger partial charge >= 0.3 is 11.9 Å². The molecule has 21 heavy (non-hydrogen) atoms. The second-order valence-corrected chi connectivity index (χ2v) is 5.58. The van der Waals surface area contributed by atoms with E-state index in [1.54, 1.807) is 19.9 Å². The Hall–Kier alpha value is -1.36. The van der Waals surface area contributed by atoms with E-state index in [4.69, 9.17) is 14.2 Å². The molecule has 1 saturated carbocycles. The van der Waals surface area contributed by atoms with Crippen LogP contribution in [-0.2, 0) is 23.8 Å². The van der Waals surface area contributed by atoms with Gasteiger partial charge in [0.15, 0.2) is 5.41 Å². The van der Waals surface area contributed by atoms with Crippen molar-refractivity contribution in [1.82, 2.24) is 0 Å². The first-order chi connectivity index (χ1) is 10.1. The van der Waals surface area contributed by atoms with E-state index >= 15 is 0 Å². The van der Waals surface area contributed by atoms with E-state index in [1.165, 1.54) is 0 Å². The van der Waals surface area contributed by atoms with Crippen molar-refractivity contribution >= 4 is 11.9 Å². The summed E-state index contributed by atoms with van der Waals surface area (Å²) in [6.45, 7) is 4.56. The predicted octanol–water partition coefficient (Wildman–Crippen LogP) is 2.39. The third-order valence-electron chi connectivity index (χ3n) is 3.93. The highest BCUT2D eigenvalue weighted by molar-refractivity contribution is 6.02. The molecular formula is C16H24O5. The van der Waals surface area contributed by atoms with E-state index in [9.17, 15) is 9.59 Å². The minimum absolute atomic E-state index is 0.0583. The molecule has 0 spiro atoms. The molecule has 1 unspecified atom stereocenters. The zero-order valence-electron chi connectivity index (χ0n) is 12.9. The Bertz CT molecular complexity index is 396. The van der Waals surface area contributed by atoms with Gasteiger partial charge in [0.25, 0.3) is 0 Å². The number of rotatable bonds is 7. The minimum Gasteiger partial charge on any atom is -0.465 e. The van der Waals surface area contributed by atoms with Crippen LogP contribution in [0, 0.1) is 5.41 Å². The van der Waals surface area contributed by atoms with Crippen molar-refractivity contribution in [2.45, 2.75) is 52.1 Å². The Kier molecular flexibility index (Phi) is 5.39. The Balaban J connectivity index is 2.32. The molecule has 118 valence electrons. The highest BCUT2D eigenvalue weighted by Gasteiger charge is 2.51. The summed E-state index contributed by atoms with van der Waals surface area (Å²) in [7, 11) is 0. The van der Waals surface area contributed by atoms with Gasteiger partial charge in [-0.3, -0.25) is 9.59 Å². The van der Waals surface area contributed by atoms with Crippen LogP contribution in [0.1, 0.15) is 46.0 Å². The summed E-state index contributed by atoms with van der Waals surface area (Å²) >= 11 is 0. The lowest BCUT2D eigenvalue weighted by atomic mass is 9.81. The van der Waals surface area contributed by atoms with Crippen LogP contribution in [0.5, 0.6) is 0 Å². The van der Waals surface area contributed by atoms with Crippen molar-refractivity contribution in [2.24, 2.45) is 5.41 Å². The van der Waals surface area contributed by atoms with Crippen LogP contribution in [0.2, 0.25) is 0 Å². The number of ether oxygens (including phenoxy) is 3. The maximum atomic E-state index is 12.5. The molecule has 1 atom stereocenters. The van der Waals surface area contributed by atoms with Crippen LogP contribution >= 0.6 is 0 Å². The minimum atomic E-state index is -1.34. The first-order valence-electron chi connectivity index (χ1n) is 7.79. The summed E-state index contributed by atoms with van der Waals surface area (Å²) in [6.07, 6.45) is 6.14. The summed E-state index contributed by atoms with van der Waals surface area (Å²) in [5.41, 5.74) is -0.191. The van der Waals surface area contributed by atoms with Gasteiger partial charge in [-0.15, -0.1) is 0 Å². The third kappa shape index (κ3) is 3.84. The third-order valence-corrected chi connectivity index (χ3v) is 3.93. The van der Waals surface area contributed by atoms with E-state index in [-0.39, 0.29) is 19.3 Å². The van der Waals surface area contributed by atoms with Gasteiger partial charge in [-0.2, -0.15) is 0 Å². The van der Waals surface area contributed by atoms with Crippen molar-refractivity contribution < 1.29 is 23.8 Å². The Labute approximate surface area is 125 Å². The molecule has 0 radical (unpaired) electrons. The molecule has 1 aliphatic heterocycles. The van der Waals surface area contributed by atoms with Gasteiger partial charge in [0, 0.05) is 6.42 Å². The van der Waals surface area contributed by atoms with E-state index in [2.05, 4.69) is 0 Å². The molecule has 0 aromatic heterocycles. The summed E-state index contributed by atoms with van der Waals surface area (Å²) in [6, 6.07) is 0. The van der Waals surface area contributed by atoms with Gasteiger partial charge in [-0.25, -0.2) is 0 Å². The summed E-state index contributed by atoms with van der Waals surface area (Å²) in [5.74, 6) is -1.03. The summed E-state index contributed by atoms with van der Waals surface area (Å²) < 4.78 is 15.6. The van der Waals surface area contributed by atoms with Crippen molar-refractivity contribution in [3.05, 3.63) is 11.6 Å². The summed E-state index contributed by atoms with van der Waals surface area (Å²) in [4.78, 5) is 25.0. The maximum absolute atomic E-state index is 12.5. The average Bonchev–Trinajstić information content (AvgIpc) is 3.12. The number of allylic oxidation sites excluding steroid dienone is 1. The monoisotopic (exact) mass is 296 g/mol.